The quantitative estimate of drug-likeness (QED) is 0.692. The molecule has 158 valence electrons. The highest BCUT2D eigenvalue weighted by Crippen LogP contribution is 2.34. The summed E-state index contributed by atoms with van der Waals surface area (Å²) in [6, 6.07) is 15.8. The van der Waals surface area contributed by atoms with Crippen molar-refractivity contribution < 1.29 is 14.3 Å². The first-order valence-electron chi connectivity index (χ1n) is 10.5. The molecule has 1 aromatic heterocycles. The van der Waals surface area contributed by atoms with Crippen molar-refractivity contribution in [2.45, 2.75) is 19.8 Å². The number of anilines is 2. The Morgan fingerprint density at radius 3 is 2.71 bits per heavy atom. The van der Waals surface area contributed by atoms with E-state index < -0.39 is 0 Å². The summed E-state index contributed by atoms with van der Waals surface area (Å²) in [4.78, 5) is 23.9. The number of nitrogens with one attached hydrogen (secondary N) is 1. The summed E-state index contributed by atoms with van der Waals surface area (Å²) in [5.41, 5.74) is 3.93. The molecule has 3 heterocycles. The van der Waals surface area contributed by atoms with Crippen LogP contribution in [0.1, 0.15) is 18.4 Å². The molecule has 1 N–H and O–H groups in total. The number of piperidine rings is 1. The fourth-order valence-electron chi connectivity index (χ4n) is 4.07. The van der Waals surface area contributed by atoms with E-state index in [0.29, 0.717) is 11.5 Å². The number of carbonyl (C=O) groups is 1. The van der Waals surface area contributed by atoms with E-state index >= 15 is 0 Å². The number of hydrogen-bond donors (Lipinski definition) is 1. The highest BCUT2D eigenvalue weighted by Gasteiger charge is 2.26. The van der Waals surface area contributed by atoms with Crippen molar-refractivity contribution in [3.8, 4) is 22.8 Å². The molecule has 7 heteroatoms. The smallest absolute Gasteiger partial charge is 0.231 e. The zero-order chi connectivity index (χ0) is 21.2. The monoisotopic (exact) mass is 416 g/mol. The molecule has 0 aliphatic carbocycles. The van der Waals surface area contributed by atoms with Gasteiger partial charge in [-0.1, -0.05) is 23.8 Å². The average molecular weight is 416 g/mol. The van der Waals surface area contributed by atoms with E-state index in [2.05, 4.69) is 45.3 Å². The third kappa shape index (κ3) is 4.17. The zero-order valence-electron chi connectivity index (χ0n) is 17.4. The molecule has 0 saturated carbocycles. The molecule has 2 aromatic carbocycles. The van der Waals surface area contributed by atoms with Crippen LogP contribution in [-0.4, -0.2) is 35.8 Å². The number of ether oxygens (including phenoxy) is 2. The SMILES string of the molecule is Cc1cccc(-c2cc(N3CCC(C(=O)Nc4ccc5c(c4)OCO5)CC3)ncn2)c1. The second kappa shape index (κ2) is 8.26. The summed E-state index contributed by atoms with van der Waals surface area (Å²) in [6.07, 6.45) is 3.17. The van der Waals surface area contributed by atoms with E-state index in [0.717, 1.165) is 48.7 Å². The van der Waals surface area contributed by atoms with Crippen LogP contribution in [0.4, 0.5) is 11.5 Å². The van der Waals surface area contributed by atoms with Gasteiger partial charge in [0.15, 0.2) is 11.5 Å². The van der Waals surface area contributed by atoms with Crippen LogP contribution < -0.4 is 19.7 Å². The summed E-state index contributed by atoms with van der Waals surface area (Å²) in [7, 11) is 0. The van der Waals surface area contributed by atoms with Crippen molar-refractivity contribution >= 4 is 17.4 Å². The van der Waals surface area contributed by atoms with Crippen LogP contribution in [0.15, 0.2) is 54.9 Å². The van der Waals surface area contributed by atoms with Crippen molar-refractivity contribution in [1.29, 1.82) is 0 Å². The minimum Gasteiger partial charge on any atom is -0.454 e. The molecule has 2 aliphatic rings. The Morgan fingerprint density at radius 2 is 1.87 bits per heavy atom. The molecular weight excluding hydrogens is 392 g/mol. The van der Waals surface area contributed by atoms with Crippen LogP contribution in [0, 0.1) is 12.8 Å². The lowest BCUT2D eigenvalue weighted by Gasteiger charge is -2.32. The van der Waals surface area contributed by atoms with Gasteiger partial charge in [0.25, 0.3) is 0 Å². The van der Waals surface area contributed by atoms with Gasteiger partial charge in [-0.25, -0.2) is 9.97 Å². The Morgan fingerprint density at radius 1 is 1.03 bits per heavy atom. The van der Waals surface area contributed by atoms with Gasteiger partial charge in [-0.15, -0.1) is 0 Å². The molecule has 0 atom stereocenters. The first-order valence-corrected chi connectivity index (χ1v) is 10.5. The maximum atomic E-state index is 12.8. The van der Waals surface area contributed by atoms with Crippen molar-refractivity contribution in [1.82, 2.24) is 9.97 Å². The van der Waals surface area contributed by atoms with E-state index in [9.17, 15) is 4.79 Å². The minimum absolute atomic E-state index is 0.0280. The topological polar surface area (TPSA) is 76.6 Å². The molecule has 0 unspecified atom stereocenters. The van der Waals surface area contributed by atoms with Crippen molar-refractivity contribution in [2.75, 3.05) is 30.1 Å². The second-order valence-corrected chi connectivity index (χ2v) is 7.95. The number of rotatable bonds is 4. The van der Waals surface area contributed by atoms with Gasteiger partial charge in [-0.05, 0) is 38.0 Å². The van der Waals surface area contributed by atoms with Gasteiger partial charge in [0, 0.05) is 42.4 Å². The Bertz CT molecular complexity index is 1110. The van der Waals surface area contributed by atoms with Crippen molar-refractivity contribution in [2.24, 2.45) is 5.92 Å². The summed E-state index contributed by atoms with van der Waals surface area (Å²) in [5, 5.41) is 3.01. The second-order valence-electron chi connectivity index (χ2n) is 7.95. The van der Waals surface area contributed by atoms with Crippen LogP contribution in [0.3, 0.4) is 0 Å². The number of aryl methyl sites for hydroxylation is 1. The maximum absolute atomic E-state index is 12.8. The van der Waals surface area contributed by atoms with E-state index in [1.807, 2.05) is 30.3 Å². The van der Waals surface area contributed by atoms with Gasteiger partial charge < -0.3 is 19.7 Å². The molecule has 5 rings (SSSR count). The Balaban J connectivity index is 1.21. The normalized spacial score (nSPS) is 15.7. The fourth-order valence-corrected chi connectivity index (χ4v) is 4.07. The van der Waals surface area contributed by atoms with Crippen LogP contribution in [-0.2, 0) is 4.79 Å². The molecule has 0 bridgehead atoms. The van der Waals surface area contributed by atoms with E-state index in [4.69, 9.17) is 9.47 Å². The third-order valence-corrected chi connectivity index (χ3v) is 5.80. The Hall–Kier alpha value is -3.61. The number of benzene rings is 2. The molecule has 1 amide bonds. The number of aromatic nitrogens is 2. The lowest BCUT2D eigenvalue weighted by Crippen LogP contribution is -2.38. The largest absolute Gasteiger partial charge is 0.454 e. The highest BCUT2D eigenvalue weighted by molar-refractivity contribution is 5.93. The molecule has 3 aromatic rings. The molecule has 0 radical (unpaired) electrons. The highest BCUT2D eigenvalue weighted by atomic mass is 16.7. The predicted octanol–water partition coefficient (Wildman–Crippen LogP) is 4.04. The number of carbonyl (C=O) groups excluding carboxylic acids is 1. The fraction of sp³-hybridized carbons (Fsp3) is 0.292. The van der Waals surface area contributed by atoms with Gasteiger partial charge >= 0.3 is 0 Å². The zero-order valence-corrected chi connectivity index (χ0v) is 17.4. The number of fused-ring (bicyclic) bond motifs is 1. The first-order chi connectivity index (χ1) is 15.2. The average Bonchev–Trinajstić information content (AvgIpc) is 3.27. The summed E-state index contributed by atoms with van der Waals surface area (Å²) in [6.45, 7) is 3.86. The van der Waals surface area contributed by atoms with Crippen LogP contribution in [0.5, 0.6) is 11.5 Å². The molecule has 7 nitrogen and oxygen atoms in total. The molecule has 0 spiro atoms. The van der Waals surface area contributed by atoms with Crippen molar-refractivity contribution in [3.05, 3.63) is 60.4 Å². The van der Waals surface area contributed by atoms with Gasteiger partial charge in [-0.2, -0.15) is 0 Å². The number of nitrogens with zero attached hydrogens (tertiary/aromatic N) is 3. The van der Waals surface area contributed by atoms with Gasteiger partial charge in [0.05, 0.1) is 5.69 Å². The maximum Gasteiger partial charge on any atom is 0.231 e. The van der Waals surface area contributed by atoms with E-state index in [-0.39, 0.29) is 18.6 Å². The molecule has 2 aliphatic heterocycles. The number of amides is 1. The van der Waals surface area contributed by atoms with Crippen LogP contribution in [0.25, 0.3) is 11.3 Å². The van der Waals surface area contributed by atoms with Gasteiger partial charge in [0.1, 0.15) is 12.1 Å². The lowest BCUT2D eigenvalue weighted by molar-refractivity contribution is -0.120. The first kappa shape index (κ1) is 19.4. The Labute approximate surface area is 181 Å². The van der Waals surface area contributed by atoms with Gasteiger partial charge in [0.2, 0.25) is 12.7 Å². The summed E-state index contributed by atoms with van der Waals surface area (Å²) in [5.74, 6) is 2.30. The summed E-state index contributed by atoms with van der Waals surface area (Å²) < 4.78 is 10.7. The lowest BCUT2D eigenvalue weighted by atomic mass is 9.95. The van der Waals surface area contributed by atoms with Crippen LogP contribution in [0.2, 0.25) is 0 Å². The molecule has 31 heavy (non-hydrogen) atoms. The van der Waals surface area contributed by atoms with E-state index in [1.54, 1.807) is 6.33 Å². The standard InChI is InChI=1S/C24H24N4O3/c1-16-3-2-4-18(11-16)20-13-23(26-14-25-20)28-9-7-17(8-10-28)24(29)27-19-5-6-21-22(12-19)31-15-30-21/h2-6,11-14,17H,7-10,15H2,1H3,(H,27,29). The molecule has 1 saturated heterocycles. The summed E-state index contributed by atoms with van der Waals surface area (Å²) >= 11 is 0. The van der Waals surface area contributed by atoms with Crippen molar-refractivity contribution in [3.63, 3.8) is 0 Å². The molecule has 1 fully saturated rings. The van der Waals surface area contributed by atoms with Gasteiger partial charge in [-0.3, -0.25) is 4.79 Å². The molecular formula is C24H24N4O3. The third-order valence-electron chi connectivity index (χ3n) is 5.80. The van der Waals surface area contributed by atoms with E-state index in [1.165, 1.54) is 5.56 Å². The predicted molar refractivity (Wildman–Crippen MR) is 118 cm³/mol. The number of hydrogen-bond acceptors (Lipinski definition) is 6. The minimum atomic E-state index is -0.0280. The Kier molecular flexibility index (Phi) is 5.16. The van der Waals surface area contributed by atoms with Crippen LogP contribution >= 0.6 is 0 Å².